The smallest absolute Gasteiger partial charge is 0.138 e. The number of hydrogen-bond acceptors (Lipinski definition) is 6. The molecule has 0 bridgehead atoms. The highest BCUT2D eigenvalue weighted by molar-refractivity contribution is 5.49. The molecule has 1 heterocycles. The van der Waals surface area contributed by atoms with Gasteiger partial charge in [0.25, 0.3) is 0 Å². The van der Waals surface area contributed by atoms with Gasteiger partial charge in [-0.1, -0.05) is 20.8 Å². The summed E-state index contributed by atoms with van der Waals surface area (Å²) >= 11 is 0. The Bertz CT molecular complexity index is 425. The van der Waals surface area contributed by atoms with Crippen LogP contribution in [-0.4, -0.2) is 46.0 Å². The fraction of sp³-hybridized carbons (Fsp3) is 0.692. The van der Waals surface area contributed by atoms with E-state index in [2.05, 4.69) is 20.6 Å². The molecule has 0 aliphatic heterocycles. The number of nitrogens with one attached hydrogen (secondary N) is 2. The molecule has 0 aromatic carbocycles. The lowest BCUT2D eigenvalue weighted by Gasteiger charge is -2.28. The summed E-state index contributed by atoms with van der Waals surface area (Å²) in [6, 6.07) is 1.75. The predicted molar refractivity (Wildman–Crippen MR) is 76.5 cm³/mol. The molecule has 4 N–H and O–H groups in total. The van der Waals surface area contributed by atoms with Crippen LogP contribution in [0.25, 0.3) is 0 Å². The standard InChI is InChI=1S/C13H24N4O2/c1-12(2,3)11-15-9(14-5)6-10(16-11)17-13(4,7-18)8-19/h6,18-19H,7-8H2,1-5H3,(H2,14,15,16,17). The minimum atomic E-state index is -0.811. The average molecular weight is 268 g/mol. The zero-order valence-electron chi connectivity index (χ0n) is 12.3. The van der Waals surface area contributed by atoms with Crippen LogP contribution in [0.2, 0.25) is 0 Å². The second-order valence-corrected chi connectivity index (χ2v) is 5.96. The summed E-state index contributed by atoms with van der Waals surface area (Å²) < 4.78 is 0. The Labute approximate surface area is 114 Å². The van der Waals surface area contributed by atoms with Crippen LogP contribution < -0.4 is 10.6 Å². The van der Waals surface area contributed by atoms with Gasteiger partial charge in [0.05, 0.1) is 18.8 Å². The van der Waals surface area contributed by atoms with Crippen molar-refractivity contribution in [2.45, 2.75) is 38.6 Å². The molecule has 0 aliphatic carbocycles. The van der Waals surface area contributed by atoms with Gasteiger partial charge < -0.3 is 20.8 Å². The van der Waals surface area contributed by atoms with E-state index in [1.807, 2.05) is 20.8 Å². The second-order valence-electron chi connectivity index (χ2n) is 5.96. The maximum Gasteiger partial charge on any atom is 0.138 e. The molecule has 0 fully saturated rings. The predicted octanol–water partition coefficient (Wildman–Crippen LogP) is 0.971. The molecule has 0 unspecified atom stereocenters. The lowest BCUT2D eigenvalue weighted by Crippen LogP contribution is -2.43. The van der Waals surface area contributed by atoms with Gasteiger partial charge in [-0.25, -0.2) is 9.97 Å². The van der Waals surface area contributed by atoms with E-state index in [1.165, 1.54) is 0 Å². The fourth-order valence-corrected chi connectivity index (χ4v) is 1.41. The molecule has 19 heavy (non-hydrogen) atoms. The third-order valence-electron chi connectivity index (χ3n) is 2.78. The highest BCUT2D eigenvalue weighted by atomic mass is 16.3. The number of anilines is 2. The van der Waals surface area contributed by atoms with E-state index in [0.29, 0.717) is 17.5 Å². The van der Waals surface area contributed by atoms with Gasteiger partial charge in [0.1, 0.15) is 17.5 Å². The number of hydrogen-bond donors (Lipinski definition) is 4. The summed E-state index contributed by atoms with van der Waals surface area (Å²) in [5, 5.41) is 24.7. The topological polar surface area (TPSA) is 90.3 Å². The molecule has 0 saturated carbocycles. The normalized spacial score (nSPS) is 12.4. The van der Waals surface area contributed by atoms with Crippen LogP contribution in [0.4, 0.5) is 11.6 Å². The Morgan fingerprint density at radius 1 is 1.05 bits per heavy atom. The van der Waals surface area contributed by atoms with Crippen molar-refractivity contribution in [1.82, 2.24) is 9.97 Å². The van der Waals surface area contributed by atoms with Crippen molar-refractivity contribution in [1.29, 1.82) is 0 Å². The van der Waals surface area contributed by atoms with Gasteiger partial charge in [-0.15, -0.1) is 0 Å². The number of nitrogens with zero attached hydrogens (tertiary/aromatic N) is 2. The fourth-order valence-electron chi connectivity index (χ4n) is 1.41. The van der Waals surface area contributed by atoms with Crippen molar-refractivity contribution in [2.24, 2.45) is 0 Å². The lowest BCUT2D eigenvalue weighted by atomic mass is 9.95. The summed E-state index contributed by atoms with van der Waals surface area (Å²) in [7, 11) is 1.79. The largest absolute Gasteiger partial charge is 0.394 e. The van der Waals surface area contributed by atoms with Crippen LogP contribution >= 0.6 is 0 Å². The van der Waals surface area contributed by atoms with E-state index in [4.69, 9.17) is 0 Å². The SMILES string of the molecule is CNc1cc(NC(C)(CO)CO)nc(C(C)(C)C)n1. The van der Waals surface area contributed by atoms with Gasteiger partial charge in [0, 0.05) is 18.5 Å². The summed E-state index contributed by atoms with van der Waals surface area (Å²) in [6.07, 6.45) is 0. The van der Waals surface area contributed by atoms with Gasteiger partial charge in [-0.2, -0.15) is 0 Å². The zero-order valence-corrected chi connectivity index (χ0v) is 12.3. The lowest BCUT2D eigenvalue weighted by molar-refractivity contribution is 0.147. The maximum absolute atomic E-state index is 9.32. The van der Waals surface area contributed by atoms with E-state index in [9.17, 15) is 10.2 Å². The van der Waals surface area contributed by atoms with E-state index in [0.717, 1.165) is 0 Å². The third kappa shape index (κ3) is 4.04. The van der Waals surface area contributed by atoms with Crippen LogP contribution in [0.5, 0.6) is 0 Å². The van der Waals surface area contributed by atoms with Gasteiger partial charge in [-0.3, -0.25) is 0 Å². The molecule has 1 rings (SSSR count). The highest BCUT2D eigenvalue weighted by Gasteiger charge is 2.24. The van der Waals surface area contributed by atoms with Crippen LogP contribution in [-0.2, 0) is 5.41 Å². The van der Waals surface area contributed by atoms with E-state index in [1.54, 1.807) is 20.0 Å². The minimum absolute atomic E-state index is 0.182. The molecule has 6 heteroatoms. The summed E-state index contributed by atoms with van der Waals surface area (Å²) in [5.41, 5.74) is -0.993. The first kappa shape index (κ1) is 15.7. The molecule has 6 nitrogen and oxygen atoms in total. The Morgan fingerprint density at radius 2 is 1.58 bits per heavy atom. The summed E-state index contributed by atoms with van der Waals surface area (Å²) in [4.78, 5) is 8.87. The Kier molecular flexibility index (Phi) is 4.70. The van der Waals surface area contributed by atoms with Crippen LogP contribution in [0, 0.1) is 0 Å². The van der Waals surface area contributed by atoms with Gasteiger partial charge >= 0.3 is 0 Å². The van der Waals surface area contributed by atoms with E-state index < -0.39 is 5.54 Å². The van der Waals surface area contributed by atoms with Crippen LogP contribution in [0.1, 0.15) is 33.5 Å². The first-order valence-corrected chi connectivity index (χ1v) is 6.31. The van der Waals surface area contributed by atoms with Crippen LogP contribution in [0.15, 0.2) is 6.07 Å². The van der Waals surface area contributed by atoms with E-state index in [-0.39, 0.29) is 18.6 Å². The zero-order chi connectivity index (χ0) is 14.7. The molecule has 1 aromatic rings. The van der Waals surface area contributed by atoms with Crippen molar-refractivity contribution in [3.8, 4) is 0 Å². The monoisotopic (exact) mass is 268 g/mol. The summed E-state index contributed by atoms with van der Waals surface area (Å²) in [6.45, 7) is 7.44. The molecular weight excluding hydrogens is 244 g/mol. The van der Waals surface area contributed by atoms with Crippen molar-refractivity contribution in [3.05, 3.63) is 11.9 Å². The van der Waals surface area contributed by atoms with Gasteiger partial charge in [-0.05, 0) is 6.92 Å². The molecule has 0 atom stereocenters. The Balaban J connectivity index is 3.14. The van der Waals surface area contributed by atoms with Crippen LogP contribution in [0.3, 0.4) is 0 Å². The van der Waals surface area contributed by atoms with Crippen molar-refractivity contribution >= 4 is 11.6 Å². The molecule has 1 aromatic heterocycles. The van der Waals surface area contributed by atoms with Crippen molar-refractivity contribution < 1.29 is 10.2 Å². The molecule has 0 aliphatic rings. The molecular formula is C13H24N4O2. The second kappa shape index (κ2) is 5.71. The third-order valence-corrected chi connectivity index (χ3v) is 2.78. The van der Waals surface area contributed by atoms with Crippen molar-refractivity contribution in [2.75, 3.05) is 30.9 Å². The highest BCUT2D eigenvalue weighted by Crippen LogP contribution is 2.23. The average Bonchev–Trinajstić information content (AvgIpc) is 2.37. The maximum atomic E-state index is 9.32. The Morgan fingerprint density at radius 3 is 2.00 bits per heavy atom. The molecule has 108 valence electrons. The van der Waals surface area contributed by atoms with Crippen molar-refractivity contribution in [3.63, 3.8) is 0 Å². The van der Waals surface area contributed by atoms with Gasteiger partial charge in [0.15, 0.2) is 0 Å². The quantitative estimate of drug-likeness (QED) is 0.636. The molecule has 0 spiro atoms. The first-order chi connectivity index (χ1) is 8.74. The number of aliphatic hydroxyl groups is 2. The molecule has 0 amide bonds. The first-order valence-electron chi connectivity index (χ1n) is 6.31. The molecule has 0 saturated heterocycles. The summed E-state index contributed by atoms with van der Waals surface area (Å²) in [5.74, 6) is 1.97. The molecule has 0 radical (unpaired) electrons. The number of aliphatic hydroxyl groups excluding tert-OH is 2. The van der Waals surface area contributed by atoms with Gasteiger partial charge in [0.2, 0.25) is 0 Å². The minimum Gasteiger partial charge on any atom is -0.394 e. The number of aromatic nitrogens is 2. The number of rotatable bonds is 5. The van der Waals surface area contributed by atoms with E-state index >= 15 is 0 Å². The Hall–Kier alpha value is -1.40.